The fraction of sp³-hybridized carbons (Fsp3) is 0.217. The van der Waals surface area contributed by atoms with Crippen molar-refractivity contribution >= 4 is 35.0 Å². The number of hydrogen-bond donors (Lipinski definition) is 2. The number of aromatic nitrogens is 3. The molecule has 2 aromatic carbocycles. The number of methoxy groups -OCH3 is 1. The van der Waals surface area contributed by atoms with Gasteiger partial charge in [0.25, 0.3) is 0 Å². The largest absolute Gasteiger partial charge is 0.497 e. The minimum Gasteiger partial charge on any atom is -0.497 e. The third kappa shape index (κ3) is 6.45. The van der Waals surface area contributed by atoms with Gasteiger partial charge in [-0.15, -0.1) is 16.8 Å². The summed E-state index contributed by atoms with van der Waals surface area (Å²) in [5, 5.41) is 14.6. The molecule has 1 aromatic heterocycles. The third-order valence-corrected chi connectivity index (χ3v) is 5.40. The molecule has 0 saturated heterocycles. The van der Waals surface area contributed by atoms with Crippen molar-refractivity contribution in [1.29, 1.82) is 0 Å². The van der Waals surface area contributed by atoms with Crippen LogP contribution >= 0.6 is 11.8 Å². The van der Waals surface area contributed by atoms with Crippen LogP contribution in [0.5, 0.6) is 5.75 Å². The fourth-order valence-corrected chi connectivity index (χ4v) is 3.71. The average molecular weight is 452 g/mol. The summed E-state index contributed by atoms with van der Waals surface area (Å²) in [5.74, 6) is 1.01. The minimum atomic E-state index is -0.221. The van der Waals surface area contributed by atoms with Gasteiger partial charge in [-0.25, -0.2) is 0 Å². The maximum atomic E-state index is 12.5. The zero-order valence-corrected chi connectivity index (χ0v) is 18.8. The van der Waals surface area contributed by atoms with Crippen molar-refractivity contribution in [2.75, 3.05) is 23.5 Å². The molecule has 0 saturated carbocycles. The Morgan fingerprint density at radius 2 is 1.84 bits per heavy atom. The topological polar surface area (TPSA) is 98.1 Å². The Balaban J connectivity index is 1.60. The van der Waals surface area contributed by atoms with E-state index in [0.717, 1.165) is 11.3 Å². The molecule has 3 aromatic rings. The van der Waals surface area contributed by atoms with Crippen LogP contribution in [0.15, 0.2) is 66.3 Å². The van der Waals surface area contributed by atoms with Crippen LogP contribution in [0.25, 0.3) is 0 Å². The van der Waals surface area contributed by atoms with Gasteiger partial charge in [0.05, 0.1) is 19.3 Å². The zero-order valence-electron chi connectivity index (χ0n) is 18.0. The van der Waals surface area contributed by atoms with Crippen LogP contribution in [-0.2, 0) is 22.6 Å². The van der Waals surface area contributed by atoms with Crippen LogP contribution in [0.2, 0.25) is 0 Å². The van der Waals surface area contributed by atoms with E-state index >= 15 is 0 Å². The first-order chi connectivity index (χ1) is 15.5. The van der Waals surface area contributed by atoms with Gasteiger partial charge in [-0.1, -0.05) is 30.0 Å². The zero-order chi connectivity index (χ0) is 22.9. The van der Waals surface area contributed by atoms with Crippen molar-refractivity contribution in [3.05, 3.63) is 72.6 Å². The van der Waals surface area contributed by atoms with Crippen molar-refractivity contribution in [3.8, 4) is 5.75 Å². The van der Waals surface area contributed by atoms with E-state index in [9.17, 15) is 9.59 Å². The van der Waals surface area contributed by atoms with E-state index in [1.54, 1.807) is 42.0 Å². The lowest BCUT2D eigenvalue weighted by molar-refractivity contribution is -0.116. The Labute approximate surface area is 191 Å². The highest BCUT2D eigenvalue weighted by molar-refractivity contribution is 7.99. The SMILES string of the molecule is C=CCn1c(CC(=O)Nc2ccc(OC)cc2)nnc1SCC(=O)Nc1cccc(C)c1. The highest BCUT2D eigenvalue weighted by Crippen LogP contribution is 2.19. The van der Waals surface area contributed by atoms with Crippen LogP contribution < -0.4 is 15.4 Å². The molecule has 9 heteroatoms. The van der Waals surface area contributed by atoms with Crippen molar-refractivity contribution < 1.29 is 14.3 Å². The fourth-order valence-electron chi connectivity index (χ4n) is 2.94. The minimum absolute atomic E-state index is 0.0446. The number of nitrogens with one attached hydrogen (secondary N) is 2. The number of aryl methyl sites for hydroxylation is 1. The first-order valence-electron chi connectivity index (χ1n) is 9.94. The molecule has 8 nitrogen and oxygen atoms in total. The maximum absolute atomic E-state index is 12.5. The molecule has 0 bridgehead atoms. The number of benzene rings is 2. The van der Waals surface area contributed by atoms with Gasteiger partial charge in [-0.3, -0.25) is 9.59 Å². The van der Waals surface area contributed by atoms with E-state index < -0.39 is 0 Å². The Morgan fingerprint density at radius 3 is 2.53 bits per heavy atom. The average Bonchev–Trinajstić information content (AvgIpc) is 3.14. The predicted molar refractivity (Wildman–Crippen MR) is 126 cm³/mol. The van der Waals surface area contributed by atoms with Gasteiger partial charge in [0, 0.05) is 17.9 Å². The second kappa shape index (κ2) is 11.1. The van der Waals surface area contributed by atoms with Gasteiger partial charge in [0.2, 0.25) is 11.8 Å². The number of carbonyl (C=O) groups is 2. The van der Waals surface area contributed by atoms with Gasteiger partial charge in [0.15, 0.2) is 5.16 Å². The van der Waals surface area contributed by atoms with Crippen LogP contribution in [-0.4, -0.2) is 39.4 Å². The Kier molecular flexibility index (Phi) is 8.04. The third-order valence-electron chi connectivity index (χ3n) is 4.43. The van der Waals surface area contributed by atoms with Gasteiger partial charge >= 0.3 is 0 Å². The van der Waals surface area contributed by atoms with E-state index in [2.05, 4.69) is 27.4 Å². The summed E-state index contributed by atoms with van der Waals surface area (Å²) in [4.78, 5) is 24.8. The standard InChI is InChI=1S/C23H25N5O3S/c1-4-12-28-20(14-21(29)24-17-8-10-19(31-3)11-9-17)26-27-23(28)32-15-22(30)25-18-7-5-6-16(2)13-18/h4-11,13H,1,12,14-15H2,2-3H3,(H,24,29)(H,25,30). The number of amides is 2. The van der Waals surface area contributed by atoms with Crippen molar-refractivity contribution in [2.24, 2.45) is 0 Å². The molecule has 0 unspecified atom stereocenters. The number of thioether (sulfide) groups is 1. The predicted octanol–water partition coefficient (Wildman–Crippen LogP) is 3.69. The second-order valence-corrected chi connectivity index (χ2v) is 7.90. The Bertz CT molecular complexity index is 1100. The lowest BCUT2D eigenvalue weighted by Crippen LogP contribution is -2.18. The molecule has 0 radical (unpaired) electrons. The summed E-state index contributed by atoms with van der Waals surface area (Å²) < 4.78 is 6.90. The van der Waals surface area contributed by atoms with E-state index in [1.807, 2.05) is 31.2 Å². The number of carbonyl (C=O) groups excluding carboxylic acids is 2. The lowest BCUT2D eigenvalue weighted by Gasteiger charge is -2.09. The Hall–Kier alpha value is -3.59. The summed E-state index contributed by atoms with van der Waals surface area (Å²) >= 11 is 1.26. The van der Waals surface area contributed by atoms with Crippen molar-refractivity contribution in [2.45, 2.75) is 25.0 Å². The molecule has 2 amide bonds. The molecule has 0 spiro atoms. The van der Waals surface area contributed by atoms with Gasteiger partial charge in [0.1, 0.15) is 11.6 Å². The number of nitrogens with zero attached hydrogens (tertiary/aromatic N) is 3. The van der Waals surface area contributed by atoms with E-state index in [0.29, 0.717) is 29.0 Å². The van der Waals surface area contributed by atoms with Gasteiger partial charge < -0.3 is 19.9 Å². The molecule has 32 heavy (non-hydrogen) atoms. The summed E-state index contributed by atoms with van der Waals surface area (Å²) in [5.41, 5.74) is 2.48. The monoisotopic (exact) mass is 451 g/mol. The normalized spacial score (nSPS) is 10.4. The molecule has 0 fully saturated rings. The molecule has 1 heterocycles. The van der Waals surface area contributed by atoms with Crippen molar-refractivity contribution in [3.63, 3.8) is 0 Å². The van der Waals surface area contributed by atoms with Crippen LogP contribution in [0.1, 0.15) is 11.4 Å². The molecule has 0 aliphatic rings. The molecule has 2 N–H and O–H groups in total. The quantitative estimate of drug-likeness (QED) is 0.360. The molecule has 3 rings (SSSR count). The first kappa shape index (κ1) is 23.1. The number of anilines is 2. The molecular formula is C23H25N5O3S. The highest BCUT2D eigenvalue weighted by atomic mass is 32.2. The smallest absolute Gasteiger partial charge is 0.234 e. The van der Waals surface area contributed by atoms with Crippen LogP contribution in [0.3, 0.4) is 0 Å². The number of ether oxygens (including phenoxy) is 1. The van der Waals surface area contributed by atoms with E-state index in [1.165, 1.54) is 11.8 Å². The van der Waals surface area contributed by atoms with Gasteiger partial charge in [-0.2, -0.15) is 0 Å². The molecule has 0 atom stereocenters. The van der Waals surface area contributed by atoms with Crippen molar-refractivity contribution in [1.82, 2.24) is 14.8 Å². The molecule has 166 valence electrons. The Morgan fingerprint density at radius 1 is 1.09 bits per heavy atom. The van der Waals surface area contributed by atoms with E-state index in [4.69, 9.17) is 4.74 Å². The summed E-state index contributed by atoms with van der Waals surface area (Å²) in [6.45, 7) is 6.16. The first-order valence-corrected chi connectivity index (χ1v) is 10.9. The number of allylic oxidation sites excluding steroid dienone is 1. The maximum Gasteiger partial charge on any atom is 0.234 e. The van der Waals surface area contributed by atoms with Gasteiger partial charge in [-0.05, 0) is 48.9 Å². The second-order valence-electron chi connectivity index (χ2n) is 6.96. The highest BCUT2D eigenvalue weighted by Gasteiger charge is 2.16. The van der Waals surface area contributed by atoms with Crippen LogP contribution in [0, 0.1) is 6.92 Å². The summed E-state index contributed by atoms with van der Waals surface area (Å²) in [7, 11) is 1.59. The molecular weight excluding hydrogens is 426 g/mol. The van der Waals surface area contributed by atoms with Crippen LogP contribution in [0.4, 0.5) is 11.4 Å². The summed E-state index contributed by atoms with van der Waals surface area (Å²) in [6, 6.07) is 14.7. The summed E-state index contributed by atoms with van der Waals surface area (Å²) in [6.07, 6.45) is 1.74. The number of rotatable bonds is 10. The molecule has 0 aliphatic carbocycles. The lowest BCUT2D eigenvalue weighted by atomic mass is 10.2. The number of hydrogen-bond acceptors (Lipinski definition) is 6. The molecule has 0 aliphatic heterocycles. The van der Waals surface area contributed by atoms with E-state index in [-0.39, 0.29) is 24.0 Å².